The van der Waals surface area contributed by atoms with Crippen molar-refractivity contribution in [2.24, 2.45) is 5.73 Å². The summed E-state index contributed by atoms with van der Waals surface area (Å²) in [5.41, 5.74) is 6.94. The highest BCUT2D eigenvalue weighted by Crippen LogP contribution is 2.30. The first-order valence-corrected chi connectivity index (χ1v) is 11.6. The Balaban J connectivity index is 1.56. The Labute approximate surface area is 198 Å². The molecule has 0 aliphatic carbocycles. The summed E-state index contributed by atoms with van der Waals surface area (Å²) in [6, 6.07) is 18.4. The summed E-state index contributed by atoms with van der Waals surface area (Å²) in [7, 11) is 0. The maximum atomic E-state index is 14.1. The molecule has 0 saturated heterocycles. The molecule has 4 aromatic rings. The minimum Gasteiger partial charge on any atom is -0.493 e. The number of carboxylic acids is 1. The van der Waals surface area contributed by atoms with Crippen molar-refractivity contribution in [2.75, 3.05) is 13.2 Å². The zero-order valence-electron chi connectivity index (χ0n) is 19.0. The van der Waals surface area contributed by atoms with Crippen molar-refractivity contribution in [3.05, 3.63) is 83.8 Å². The van der Waals surface area contributed by atoms with E-state index in [9.17, 15) is 14.3 Å². The van der Waals surface area contributed by atoms with Gasteiger partial charge in [0.05, 0.1) is 6.61 Å². The van der Waals surface area contributed by atoms with Gasteiger partial charge >= 0.3 is 5.97 Å². The third kappa shape index (κ3) is 5.13. The number of carboxylic acid groups (broad SMARTS) is 1. The number of aromatic nitrogens is 1. The molecule has 0 unspecified atom stereocenters. The van der Waals surface area contributed by atoms with Crippen LogP contribution in [-0.4, -0.2) is 28.8 Å². The average molecular weight is 461 g/mol. The summed E-state index contributed by atoms with van der Waals surface area (Å²) in [5, 5.41) is 12.8. The lowest BCUT2D eigenvalue weighted by molar-refractivity contribution is 0.0685. The zero-order valence-corrected chi connectivity index (χ0v) is 19.0. The summed E-state index contributed by atoms with van der Waals surface area (Å²) in [4.78, 5) is 12.2. The van der Waals surface area contributed by atoms with Gasteiger partial charge in [0.25, 0.3) is 0 Å². The number of unbranched alkanes of at least 4 members (excludes halogenated alkanes) is 2. The van der Waals surface area contributed by atoms with Gasteiger partial charge in [0.1, 0.15) is 17.3 Å². The summed E-state index contributed by atoms with van der Waals surface area (Å²) < 4.78 is 21.8. The number of nitrogens with two attached hydrogens (primary N) is 1. The molecular formula is C28H29FN2O3. The van der Waals surface area contributed by atoms with Crippen molar-refractivity contribution in [3.63, 3.8) is 0 Å². The van der Waals surface area contributed by atoms with Crippen LogP contribution in [0, 0.1) is 5.82 Å². The van der Waals surface area contributed by atoms with Crippen LogP contribution in [0.15, 0.2) is 66.7 Å². The Morgan fingerprint density at radius 1 is 1.03 bits per heavy atom. The van der Waals surface area contributed by atoms with Crippen molar-refractivity contribution in [1.29, 1.82) is 0 Å². The molecule has 3 N–H and O–H groups in total. The van der Waals surface area contributed by atoms with E-state index < -0.39 is 11.8 Å². The summed E-state index contributed by atoms with van der Waals surface area (Å²) in [6.07, 6.45) is 6.96. The third-order valence-corrected chi connectivity index (χ3v) is 5.91. The molecule has 0 aliphatic rings. The van der Waals surface area contributed by atoms with Gasteiger partial charge in [-0.2, -0.15) is 0 Å². The fourth-order valence-corrected chi connectivity index (χ4v) is 4.32. The van der Waals surface area contributed by atoms with Crippen molar-refractivity contribution in [3.8, 4) is 5.75 Å². The molecule has 6 heteroatoms. The molecule has 34 heavy (non-hydrogen) atoms. The lowest BCUT2D eigenvalue weighted by atomic mass is 10.1. The first kappa shape index (κ1) is 23.5. The lowest BCUT2D eigenvalue weighted by Crippen LogP contribution is -2.12. The van der Waals surface area contributed by atoms with E-state index in [1.165, 1.54) is 12.1 Å². The number of ether oxygens (including phenoxy) is 1. The number of rotatable bonds is 11. The van der Waals surface area contributed by atoms with E-state index in [0.717, 1.165) is 35.8 Å². The molecule has 0 radical (unpaired) electrons. The van der Waals surface area contributed by atoms with Crippen molar-refractivity contribution in [2.45, 2.75) is 32.2 Å². The molecule has 1 heterocycles. The van der Waals surface area contributed by atoms with Gasteiger partial charge < -0.3 is 20.1 Å². The van der Waals surface area contributed by atoms with Crippen LogP contribution in [0.4, 0.5) is 4.39 Å². The Morgan fingerprint density at radius 2 is 1.85 bits per heavy atom. The number of fused-ring (bicyclic) bond motifs is 2. The second kappa shape index (κ2) is 11.0. The minimum atomic E-state index is -1.03. The normalized spacial score (nSPS) is 11.6. The summed E-state index contributed by atoms with van der Waals surface area (Å²) in [6.45, 7) is 1.49. The first-order valence-electron chi connectivity index (χ1n) is 11.6. The Bertz CT molecular complexity index is 1320. The number of aryl methyl sites for hydroxylation is 1. The highest BCUT2D eigenvalue weighted by Gasteiger charge is 2.21. The molecule has 0 aliphatic heterocycles. The van der Waals surface area contributed by atoms with Crippen LogP contribution in [0.25, 0.3) is 27.8 Å². The van der Waals surface area contributed by atoms with Crippen LogP contribution in [0.1, 0.15) is 41.7 Å². The van der Waals surface area contributed by atoms with Gasteiger partial charge in [0.15, 0.2) is 0 Å². The topological polar surface area (TPSA) is 77.5 Å². The third-order valence-electron chi connectivity index (χ3n) is 5.91. The van der Waals surface area contributed by atoms with Crippen molar-refractivity contribution < 1.29 is 19.0 Å². The van der Waals surface area contributed by atoms with E-state index in [4.69, 9.17) is 10.5 Å². The van der Waals surface area contributed by atoms with Crippen LogP contribution in [0.5, 0.6) is 5.75 Å². The predicted octanol–water partition coefficient (Wildman–Crippen LogP) is 6.24. The van der Waals surface area contributed by atoms with E-state index in [0.29, 0.717) is 42.6 Å². The number of halogens is 1. The van der Waals surface area contributed by atoms with Crippen LogP contribution < -0.4 is 10.5 Å². The molecule has 0 bridgehead atoms. The maximum Gasteiger partial charge on any atom is 0.353 e. The molecule has 1 aromatic heterocycles. The molecule has 4 rings (SSSR count). The largest absolute Gasteiger partial charge is 0.493 e. The standard InChI is InChI=1S/C28H29FN2O3/c29-21-14-15-25-24(19-21)23(12-3-1-2-6-16-30)27(28(32)33)31(25)17-8-18-34-26-13-7-10-20-9-4-5-11-22(20)26/h3-5,7,9-15,19H,1-2,6,8,16-18,30H2,(H,32,33). The fraction of sp³-hybridized carbons (Fsp3) is 0.250. The van der Waals surface area contributed by atoms with E-state index in [1.807, 2.05) is 48.5 Å². The molecule has 0 amide bonds. The van der Waals surface area contributed by atoms with Gasteiger partial charge in [-0.25, -0.2) is 9.18 Å². The van der Waals surface area contributed by atoms with Gasteiger partial charge in [-0.1, -0.05) is 48.6 Å². The SMILES string of the molecule is NCCCCC=Cc1c(C(=O)O)n(CCCOc2cccc3ccccc23)c2ccc(F)cc12. The van der Waals surface area contributed by atoms with E-state index in [-0.39, 0.29) is 5.69 Å². The molecular weight excluding hydrogens is 431 g/mol. The molecule has 5 nitrogen and oxygen atoms in total. The molecule has 0 saturated carbocycles. The monoisotopic (exact) mass is 460 g/mol. The van der Waals surface area contributed by atoms with Crippen LogP contribution >= 0.6 is 0 Å². The predicted molar refractivity (Wildman–Crippen MR) is 135 cm³/mol. The molecule has 0 spiro atoms. The number of aromatic carboxylic acids is 1. The quantitative estimate of drug-likeness (QED) is 0.260. The van der Waals surface area contributed by atoms with E-state index in [1.54, 1.807) is 16.7 Å². The highest BCUT2D eigenvalue weighted by molar-refractivity contribution is 6.02. The number of nitrogens with zero attached hydrogens (tertiary/aromatic N) is 1. The highest BCUT2D eigenvalue weighted by atomic mass is 19.1. The number of hydrogen-bond donors (Lipinski definition) is 2. The zero-order chi connectivity index (χ0) is 23.9. The summed E-state index contributed by atoms with van der Waals surface area (Å²) >= 11 is 0. The average Bonchev–Trinajstić information content (AvgIpc) is 3.14. The van der Waals surface area contributed by atoms with E-state index in [2.05, 4.69) is 0 Å². The van der Waals surface area contributed by atoms with Crippen molar-refractivity contribution in [1.82, 2.24) is 4.57 Å². The Morgan fingerprint density at radius 3 is 2.68 bits per heavy atom. The number of carbonyl (C=O) groups is 1. The smallest absolute Gasteiger partial charge is 0.353 e. The van der Waals surface area contributed by atoms with Crippen LogP contribution in [-0.2, 0) is 6.54 Å². The van der Waals surface area contributed by atoms with Crippen LogP contribution in [0.3, 0.4) is 0 Å². The lowest BCUT2D eigenvalue weighted by Gasteiger charge is -2.11. The first-order chi connectivity index (χ1) is 16.6. The maximum absolute atomic E-state index is 14.1. The summed E-state index contributed by atoms with van der Waals surface area (Å²) in [5.74, 6) is -0.621. The molecule has 3 aromatic carbocycles. The Kier molecular flexibility index (Phi) is 7.60. The minimum absolute atomic E-state index is 0.167. The van der Waals surface area contributed by atoms with Gasteiger partial charge in [0.2, 0.25) is 0 Å². The molecule has 176 valence electrons. The van der Waals surface area contributed by atoms with Gasteiger partial charge in [0, 0.05) is 28.4 Å². The number of benzene rings is 3. The van der Waals surface area contributed by atoms with Crippen molar-refractivity contribution >= 4 is 33.7 Å². The van der Waals surface area contributed by atoms with Gasteiger partial charge in [-0.05, 0) is 61.9 Å². The molecule has 0 fully saturated rings. The van der Waals surface area contributed by atoms with E-state index >= 15 is 0 Å². The second-order valence-electron chi connectivity index (χ2n) is 8.25. The Hall–Kier alpha value is -3.64. The number of allylic oxidation sites excluding steroid dienone is 1. The van der Waals surface area contributed by atoms with Crippen LogP contribution in [0.2, 0.25) is 0 Å². The fourth-order valence-electron chi connectivity index (χ4n) is 4.32. The second-order valence-corrected chi connectivity index (χ2v) is 8.25. The number of hydrogen-bond acceptors (Lipinski definition) is 3. The van der Waals surface area contributed by atoms with Gasteiger partial charge in [-0.15, -0.1) is 0 Å². The van der Waals surface area contributed by atoms with Gasteiger partial charge in [-0.3, -0.25) is 0 Å². The molecule has 0 atom stereocenters.